The molecule has 0 radical (unpaired) electrons. The molecule has 2 atom stereocenters. The van der Waals surface area contributed by atoms with Crippen LogP contribution in [0.4, 0.5) is 0 Å². The quantitative estimate of drug-likeness (QED) is 0.640. The maximum absolute atomic E-state index is 12.3. The van der Waals surface area contributed by atoms with E-state index in [4.69, 9.17) is 9.47 Å². The molecular weight excluding hydrogens is 272 g/mol. The molecule has 0 aromatic rings. The third-order valence-corrected chi connectivity index (χ3v) is 3.51. The van der Waals surface area contributed by atoms with Crippen LogP contribution in [-0.2, 0) is 19.1 Å². The number of piperazine rings is 1. The van der Waals surface area contributed by atoms with Crippen molar-refractivity contribution in [2.45, 2.75) is 45.7 Å². The normalized spacial score (nSPS) is 22.8. The molecule has 1 aliphatic rings. The van der Waals surface area contributed by atoms with Crippen molar-refractivity contribution in [1.82, 2.24) is 10.2 Å². The third kappa shape index (κ3) is 5.63. The summed E-state index contributed by atoms with van der Waals surface area (Å²) in [6, 6.07) is -0.789. The average Bonchev–Trinajstić information content (AvgIpc) is 2.42. The molecule has 122 valence electrons. The highest BCUT2D eigenvalue weighted by Crippen LogP contribution is 2.17. The second kappa shape index (κ2) is 9.00. The van der Waals surface area contributed by atoms with Gasteiger partial charge in [0.15, 0.2) is 0 Å². The molecule has 1 N–H and O–H groups in total. The molecule has 21 heavy (non-hydrogen) atoms. The zero-order valence-electron chi connectivity index (χ0n) is 13.6. The van der Waals surface area contributed by atoms with Gasteiger partial charge in [0.1, 0.15) is 12.1 Å². The number of nitrogens with one attached hydrogen (secondary N) is 1. The lowest BCUT2D eigenvalue weighted by atomic mass is 9.98. The molecule has 2 unspecified atom stereocenters. The van der Waals surface area contributed by atoms with Gasteiger partial charge in [-0.1, -0.05) is 13.8 Å². The van der Waals surface area contributed by atoms with E-state index in [0.717, 1.165) is 6.42 Å². The van der Waals surface area contributed by atoms with Gasteiger partial charge in [0, 0.05) is 20.3 Å². The lowest BCUT2D eigenvalue weighted by molar-refractivity contribution is -0.149. The number of hydrogen-bond donors (Lipinski definition) is 1. The van der Waals surface area contributed by atoms with E-state index < -0.39 is 6.04 Å². The molecule has 1 saturated heterocycles. The molecule has 1 heterocycles. The van der Waals surface area contributed by atoms with E-state index in [2.05, 4.69) is 19.2 Å². The summed E-state index contributed by atoms with van der Waals surface area (Å²) >= 11 is 0. The summed E-state index contributed by atoms with van der Waals surface area (Å²) in [5.74, 6) is 0.315. The average molecular weight is 300 g/mol. The van der Waals surface area contributed by atoms with Gasteiger partial charge in [0.2, 0.25) is 11.8 Å². The van der Waals surface area contributed by atoms with Crippen LogP contribution in [0.2, 0.25) is 0 Å². The zero-order valence-corrected chi connectivity index (χ0v) is 13.6. The molecule has 6 nitrogen and oxygen atoms in total. The topological polar surface area (TPSA) is 67.9 Å². The Kier molecular flexibility index (Phi) is 7.67. The second-order valence-corrected chi connectivity index (χ2v) is 5.87. The van der Waals surface area contributed by atoms with E-state index in [1.165, 1.54) is 0 Å². The van der Waals surface area contributed by atoms with Gasteiger partial charge < -0.3 is 19.7 Å². The van der Waals surface area contributed by atoms with Crippen LogP contribution in [0, 0.1) is 5.92 Å². The maximum atomic E-state index is 12.3. The summed E-state index contributed by atoms with van der Waals surface area (Å²) in [5, 5.41) is 2.75. The van der Waals surface area contributed by atoms with E-state index >= 15 is 0 Å². The SMILES string of the molecule is COCCOCCCN1C(=O)C(C)NC(=O)C1CC(C)C. The van der Waals surface area contributed by atoms with Crippen LogP contribution in [-0.4, -0.2) is 62.3 Å². The van der Waals surface area contributed by atoms with Gasteiger partial charge in [-0.3, -0.25) is 9.59 Å². The molecule has 2 amide bonds. The number of amides is 2. The first-order valence-corrected chi connectivity index (χ1v) is 7.65. The summed E-state index contributed by atoms with van der Waals surface area (Å²) in [5.41, 5.74) is 0. The molecule has 0 saturated carbocycles. The van der Waals surface area contributed by atoms with Gasteiger partial charge in [-0.2, -0.15) is 0 Å². The first-order valence-electron chi connectivity index (χ1n) is 7.65. The van der Waals surface area contributed by atoms with Crippen LogP contribution in [0.15, 0.2) is 0 Å². The van der Waals surface area contributed by atoms with Crippen molar-refractivity contribution in [3.8, 4) is 0 Å². The lowest BCUT2D eigenvalue weighted by Gasteiger charge is -2.38. The highest BCUT2D eigenvalue weighted by molar-refractivity contribution is 5.96. The third-order valence-electron chi connectivity index (χ3n) is 3.51. The van der Waals surface area contributed by atoms with E-state index in [9.17, 15) is 9.59 Å². The minimum absolute atomic E-state index is 0.00265. The van der Waals surface area contributed by atoms with Crippen molar-refractivity contribution in [2.24, 2.45) is 5.92 Å². The van der Waals surface area contributed by atoms with Crippen LogP contribution >= 0.6 is 0 Å². The van der Waals surface area contributed by atoms with E-state index in [0.29, 0.717) is 38.7 Å². The minimum Gasteiger partial charge on any atom is -0.382 e. The fourth-order valence-electron chi connectivity index (χ4n) is 2.44. The largest absolute Gasteiger partial charge is 0.382 e. The Balaban J connectivity index is 2.51. The van der Waals surface area contributed by atoms with Crippen LogP contribution in [0.3, 0.4) is 0 Å². The first-order chi connectivity index (χ1) is 9.97. The van der Waals surface area contributed by atoms with Gasteiger partial charge in [0.05, 0.1) is 13.2 Å². The Labute approximate surface area is 127 Å². The zero-order chi connectivity index (χ0) is 15.8. The number of methoxy groups -OCH3 is 1. The minimum atomic E-state index is -0.435. The summed E-state index contributed by atoms with van der Waals surface area (Å²) in [6.45, 7) is 8.09. The number of hydrogen-bond acceptors (Lipinski definition) is 4. The highest BCUT2D eigenvalue weighted by atomic mass is 16.5. The van der Waals surface area contributed by atoms with Crippen LogP contribution in [0.25, 0.3) is 0 Å². The fourth-order valence-corrected chi connectivity index (χ4v) is 2.44. The Morgan fingerprint density at radius 2 is 1.95 bits per heavy atom. The highest BCUT2D eigenvalue weighted by Gasteiger charge is 2.38. The predicted molar refractivity (Wildman–Crippen MR) is 79.9 cm³/mol. The first kappa shape index (κ1) is 17.9. The standard InChI is InChI=1S/C15H28N2O4/c1-11(2)10-13-14(18)16-12(3)15(19)17(13)6-5-7-21-9-8-20-4/h11-13H,5-10H2,1-4H3,(H,16,18). The van der Waals surface area contributed by atoms with Crippen LogP contribution < -0.4 is 5.32 Å². The number of ether oxygens (including phenoxy) is 2. The summed E-state index contributed by atoms with van der Waals surface area (Å²) in [6.07, 6.45) is 1.42. The van der Waals surface area contributed by atoms with Crippen molar-refractivity contribution < 1.29 is 19.1 Å². The Hall–Kier alpha value is -1.14. The summed E-state index contributed by atoms with van der Waals surface area (Å²) in [7, 11) is 1.63. The van der Waals surface area contributed by atoms with Crippen molar-refractivity contribution in [1.29, 1.82) is 0 Å². The molecule has 0 aliphatic carbocycles. The Bertz CT molecular complexity index is 347. The Morgan fingerprint density at radius 1 is 1.24 bits per heavy atom. The predicted octanol–water partition coefficient (Wildman–Crippen LogP) is 0.801. The van der Waals surface area contributed by atoms with Gasteiger partial charge in [-0.25, -0.2) is 0 Å². The molecule has 6 heteroatoms. The van der Waals surface area contributed by atoms with Crippen LogP contribution in [0.5, 0.6) is 0 Å². The van der Waals surface area contributed by atoms with E-state index in [1.807, 2.05) is 0 Å². The monoisotopic (exact) mass is 300 g/mol. The van der Waals surface area contributed by atoms with Crippen molar-refractivity contribution in [3.63, 3.8) is 0 Å². The maximum Gasteiger partial charge on any atom is 0.245 e. The molecule has 1 aliphatic heterocycles. The molecular formula is C15H28N2O4. The van der Waals surface area contributed by atoms with E-state index in [1.54, 1.807) is 18.9 Å². The van der Waals surface area contributed by atoms with Gasteiger partial charge >= 0.3 is 0 Å². The number of nitrogens with zero attached hydrogens (tertiary/aromatic N) is 1. The van der Waals surface area contributed by atoms with Gasteiger partial charge in [-0.15, -0.1) is 0 Å². The number of carbonyl (C=O) groups excluding carboxylic acids is 2. The molecule has 1 rings (SSSR count). The molecule has 0 aromatic heterocycles. The number of carbonyl (C=O) groups is 2. The smallest absolute Gasteiger partial charge is 0.245 e. The Morgan fingerprint density at radius 3 is 2.57 bits per heavy atom. The van der Waals surface area contributed by atoms with Crippen molar-refractivity contribution >= 4 is 11.8 Å². The lowest BCUT2D eigenvalue weighted by Crippen LogP contribution is -2.62. The second-order valence-electron chi connectivity index (χ2n) is 5.87. The summed E-state index contributed by atoms with van der Waals surface area (Å²) in [4.78, 5) is 26.1. The fraction of sp³-hybridized carbons (Fsp3) is 0.867. The molecule has 0 spiro atoms. The van der Waals surface area contributed by atoms with Gasteiger partial charge in [0.25, 0.3) is 0 Å². The molecule has 0 bridgehead atoms. The summed E-state index contributed by atoms with van der Waals surface area (Å²) < 4.78 is 10.3. The van der Waals surface area contributed by atoms with Crippen molar-refractivity contribution in [2.75, 3.05) is 33.5 Å². The van der Waals surface area contributed by atoms with Crippen LogP contribution in [0.1, 0.15) is 33.6 Å². The van der Waals surface area contributed by atoms with E-state index in [-0.39, 0.29) is 17.9 Å². The number of rotatable bonds is 9. The van der Waals surface area contributed by atoms with Gasteiger partial charge in [-0.05, 0) is 25.7 Å². The molecule has 1 fully saturated rings. The molecule has 0 aromatic carbocycles. The van der Waals surface area contributed by atoms with Crippen molar-refractivity contribution in [3.05, 3.63) is 0 Å².